The molecule has 0 bridgehead atoms. The van der Waals surface area contributed by atoms with E-state index in [9.17, 15) is 0 Å². The van der Waals surface area contributed by atoms with Gasteiger partial charge in [0.15, 0.2) is 11.6 Å². The Labute approximate surface area is 136 Å². The van der Waals surface area contributed by atoms with E-state index in [-0.39, 0.29) is 24.0 Å². The van der Waals surface area contributed by atoms with Gasteiger partial charge in [-0.15, -0.1) is 34.2 Å². The quantitative estimate of drug-likeness (QED) is 0.453. The summed E-state index contributed by atoms with van der Waals surface area (Å²) >= 11 is 0. The van der Waals surface area contributed by atoms with E-state index in [1.807, 2.05) is 66.8 Å². The van der Waals surface area contributed by atoms with Crippen LogP contribution in [0.2, 0.25) is 0 Å². The monoisotopic (exact) mass is 388 g/mol. The van der Waals surface area contributed by atoms with E-state index in [4.69, 9.17) is 0 Å². The van der Waals surface area contributed by atoms with Gasteiger partial charge < -0.3 is 9.80 Å². The van der Waals surface area contributed by atoms with Crippen LogP contribution in [-0.4, -0.2) is 65.1 Å². The zero-order valence-electron chi connectivity index (χ0n) is 12.3. The van der Waals surface area contributed by atoms with E-state index in [2.05, 4.69) is 15.2 Å². The molecule has 0 radical (unpaired) electrons. The molecule has 2 aromatic rings. The van der Waals surface area contributed by atoms with Gasteiger partial charge in [-0.05, 0) is 12.1 Å². The second-order valence-electron chi connectivity index (χ2n) is 4.77. The van der Waals surface area contributed by atoms with E-state index in [0.717, 1.165) is 23.9 Å². The first-order valence-electron chi connectivity index (χ1n) is 6.27. The standard InChI is InChI=1S/C13H20N6.HI/c1-17(2)13(18(3)4)14-9-8-12-16-15-11-7-5-6-10-19(11)12;/h5-7,10H,8-9H2,1-4H3;1H. The lowest BCUT2D eigenvalue weighted by Crippen LogP contribution is -2.35. The SMILES string of the molecule is CN(C)C(=NCCc1nnc2ccccn12)N(C)C.I. The van der Waals surface area contributed by atoms with Crippen molar-refractivity contribution in [3.8, 4) is 0 Å². The van der Waals surface area contributed by atoms with Crippen molar-refractivity contribution < 1.29 is 0 Å². The lowest BCUT2D eigenvalue weighted by atomic mass is 10.4. The van der Waals surface area contributed by atoms with E-state index in [0.29, 0.717) is 6.54 Å². The lowest BCUT2D eigenvalue weighted by Gasteiger charge is -2.22. The average Bonchev–Trinajstić information content (AvgIpc) is 2.77. The van der Waals surface area contributed by atoms with Crippen molar-refractivity contribution in [3.05, 3.63) is 30.2 Å². The molecule has 0 unspecified atom stereocenters. The Kier molecular flexibility index (Phi) is 6.18. The fraction of sp³-hybridized carbons (Fsp3) is 0.462. The summed E-state index contributed by atoms with van der Waals surface area (Å²) in [5.74, 6) is 1.89. The summed E-state index contributed by atoms with van der Waals surface area (Å²) in [5, 5.41) is 8.33. The van der Waals surface area contributed by atoms with Crippen molar-refractivity contribution in [2.75, 3.05) is 34.7 Å². The van der Waals surface area contributed by atoms with E-state index in [1.54, 1.807) is 0 Å². The molecule has 110 valence electrons. The lowest BCUT2D eigenvalue weighted by molar-refractivity contribution is 0.479. The van der Waals surface area contributed by atoms with Gasteiger partial charge in [-0.1, -0.05) is 6.07 Å². The highest BCUT2D eigenvalue weighted by Crippen LogP contribution is 2.03. The highest BCUT2D eigenvalue weighted by Gasteiger charge is 2.06. The third kappa shape index (κ3) is 3.81. The molecule has 0 amide bonds. The number of aliphatic imine (C=N–C) groups is 1. The summed E-state index contributed by atoms with van der Waals surface area (Å²) in [6.45, 7) is 0.696. The summed E-state index contributed by atoms with van der Waals surface area (Å²) in [5.41, 5.74) is 0.877. The van der Waals surface area contributed by atoms with Crippen molar-refractivity contribution in [2.45, 2.75) is 6.42 Å². The molecule has 2 aromatic heterocycles. The first-order chi connectivity index (χ1) is 9.09. The number of aromatic nitrogens is 3. The van der Waals surface area contributed by atoms with Gasteiger partial charge >= 0.3 is 0 Å². The predicted octanol–water partition coefficient (Wildman–Crippen LogP) is 1.37. The molecule has 0 aliphatic rings. The molecule has 0 aliphatic heterocycles. The topological polar surface area (TPSA) is 49.0 Å². The predicted molar refractivity (Wildman–Crippen MR) is 91.8 cm³/mol. The first-order valence-corrected chi connectivity index (χ1v) is 6.27. The number of hydrogen-bond acceptors (Lipinski definition) is 3. The zero-order valence-corrected chi connectivity index (χ0v) is 14.6. The highest BCUT2D eigenvalue weighted by atomic mass is 127. The van der Waals surface area contributed by atoms with E-state index < -0.39 is 0 Å². The molecule has 0 aliphatic carbocycles. The number of nitrogens with zero attached hydrogens (tertiary/aromatic N) is 6. The summed E-state index contributed by atoms with van der Waals surface area (Å²) in [6.07, 6.45) is 2.75. The van der Waals surface area contributed by atoms with Gasteiger partial charge in [0.25, 0.3) is 0 Å². The summed E-state index contributed by atoms with van der Waals surface area (Å²) in [6, 6.07) is 5.89. The molecule has 0 aromatic carbocycles. The minimum atomic E-state index is 0. The number of halogens is 1. The minimum absolute atomic E-state index is 0. The van der Waals surface area contributed by atoms with E-state index >= 15 is 0 Å². The maximum Gasteiger partial charge on any atom is 0.195 e. The van der Waals surface area contributed by atoms with Crippen LogP contribution in [0.1, 0.15) is 5.82 Å². The first kappa shape index (κ1) is 16.7. The molecule has 2 rings (SSSR count). The fourth-order valence-corrected chi connectivity index (χ4v) is 2.00. The van der Waals surface area contributed by atoms with Crippen LogP contribution < -0.4 is 0 Å². The fourth-order valence-electron chi connectivity index (χ4n) is 2.00. The van der Waals surface area contributed by atoms with Crippen molar-refractivity contribution in [1.29, 1.82) is 0 Å². The smallest absolute Gasteiger partial charge is 0.195 e. The summed E-state index contributed by atoms with van der Waals surface area (Å²) < 4.78 is 2.00. The molecule has 6 nitrogen and oxygen atoms in total. The maximum absolute atomic E-state index is 4.59. The number of hydrogen-bond donors (Lipinski definition) is 0. The largest absolute Gasteiger partial charge is 0.349 e. The molecule has 0 saturated heterocycles. The van der Waals surface area contributed by atoms with Crippen LogP contribution in [0.15, 0.2) is 29.4 Å². The Morgan fingerprint density at radius 3 is 2.50 bits per heavy atom. The Morgan fingerprint density at radius 2 is 1.85 bits per heavy atom. The third-order valence-corrected chi connectivity index (χ3v) is 2.77. The van der Waals surface area contributed by atoms with Crippen LogP contribution in [0.25, 0.3) is 5.65 Å². The van der Waals surface area contributed by atoms with Gasteiger partial charge in [-0.25, -0.2) is 0 Å². The van der Waals surface area contributed by atoms with Gasteiger partial charge in [-0.2, -0.15) is 0 Å². The van der Waals surface area contributed by atoms with Gasteiger partial charge in [-0.3, -0.25) is 9.39 Å². The van der Waals surface area contributed by atoms with Crippen molar-refractivity contribution in [3.63, 3.8) is 0 Å². The number of pyridine rings is 1. The average molecular weight is 388 g/mol. The van der Waals surface area contributed by atoms with Crippen LogP contribution in [0.3, 0.4) is 0 Å². The molecule has 0 spiro atoms. The second-order valence-corrected chi connectivity index (χ2v) is 4.77. The second kappa shape index (κ2) is 7.41. The number of rotatable bonds is 3. The van der Waals surface area contributed by atoms with Crippen LogP contribution >= 0.6 is 24.0 Å². The molecular formula is C13H21IN6. The molecule has 7 heteroatoms. The molecule has 2 heterocycles. The number of guanidine groups is 1. The number of fused-ring (bicyclic) bond motifs is 1. The molecule has 0 saturated carbocycles. The Hall–Kier alpha value is -1.38. The van der Waals surface area contributed by atoms with Crippen molar-refractivity contribution in [1.82, 2.24) is 24.4 Å². The van der Waals surface area contributed by atoms with Crippen molar-refractivity contribution >= 4 is 35.6 Å². The van der Waals surface area contributed by atoms with Crippen LogP contribution in [0.4, 0.5) is 0 Å². The summed E-state index contributed by atoms with van der Waals surface area (Å²) in [4.78, 5) is 8.60. The Morgan fingerprint density at radius 1 is 1.15 bits per heavy atom. The molecular weight excluding hydrogens is 367 g/mol. The van der Waals surface area contributed by atoms with E-state index in [1.165, 1.54) is 0 Å². The Balaban J connectivity index is 0.00000200. The minimum Gasteiger partial charge on any atom is -0.349 e. The van der Waals surface area contributed by atoms with Gasteiger partial charge in [0, 0.05) is 47.4 Å². The maximum atomic E-state index is 4.59. The molecule has 0 N–H and O–H groups in total. The Bertz CT molecular complexity index is 565. The van der Waals surface area contributed by atoms with Crippen LogP contribution in [0, 0.1) is 0 Å². The third-order valence-electron chi connectivity index (χ3n) is 2.77. The highest BCUT2D eigenvalue weighted by molar-refractivity contribution is 14.0. The summed E-state index contributed by atoms with van der Waals surface area (Å²) in [7, 11) is 7.97. The van der Waals surface area contributed by atoms with Crippen molar-refractivity contribution in [2.24, 2.45) is 4.99 Å². The molecule has 0 fully saturated rings. The van der Waals surface area contributed by atoms with Gasteiger partial charge in [0.05, 0.1) is 0 Å². The van der Waals surface area contributed by atoms with Crippen LogP contribution in [-0.2, 0) is 6.42 Å². The van der Waals surface area contributed by atoms with Crippen LogP contribution in [0.5, 0.6) is 0 Å². The van der Waals surface area contributed by atoms with Gasteiger partial charge in [0.1, 0.15) is 5.82 Å². The van der Waals surface area contributed by atoms with Gasteiger partial charge in [0.2, 0.25) is 0 Å². The molecule has 20 heavy (non-hydrogen) atoms. The molecule has 0 atom stereocenters. The zero-order chi connectivity index (χ0) is 13.8. The normalized spacial score (nSPS) is 10.0.